The van der Waals surface area contributed by atoms with Crippen molar-refractivity contribution in [1.29, 1.82) is 0 Å². The second-order valence-electron chi connectivity index (χ2n) is 5.84. The third kappa shape index (κ3) is 5.13. The number of carbonyl (C=O) groups is 1. The second kappa shape index (κ2) is 8.56. The van der Waals surface area contributed by atoms with Crippen molar-refractivity contribution in [3.05, 3.63) is 0 Å². The van der Waals surface area contributed by atoms with Gasteiger partial charge in [-0.2, -0.15) is 0 Å². The Hall–Kier alpha value is -0.850. The standard InChI is InChI=1S/C15H28N2O4/c1-3-11(4-2)14-7-12(5-6-20-14)17-15(18)16-8-13-9-19-10-21-13/h11-14H,3-10H2,1-2H3,(H2,16,17,18). The van der Waals surface area contributed by atoms with E-state index in [2.05, 4.69) is 24.5 Å². The van der Waals surface area contributed by atoms with Crippen LogP contribution < -0.4 is 10.6 Å². The lowest BCUT2D eigenvalue weighted by Gasteiger charge is -2.34. The van der Waals surface area contributed by atoms with Crippen molar-refractivity contribution in [2.45, 2.75) is 57.8 Å². The molecule has 2 amide bonds. The van der Waals surface area contributed by atoms with Crippen LogP contribution in [-0.2, 0) is 14.2 Å². The van der Waals surface area contributed by atoms with Gasteiger partial charge in [0.2, 0.25) is 0 Å². The minimum atomic E-state index is -0.124. The Labute approximate surface area is 126 Å². The highest BCUT2D eigenvalue weighted by Gasteiger charge is 2.28. The summed E-state index contributed by atoms with van der Waals surface area (Å²) in [6.07, 6.45) is 4.28. The van der Waals surface area contributed by atoms with Gasteiger partial charge in [-0.05, 0) is 18.8 Å². The molecule has 0 bridgehead atoms. The second-order valence-corrected chi connectivity index (χ2v) is 5.84. The summed E-state index contributed by atoms with van der Waals surface area (Å²) in [4.78, 5) is 11.9. The molecule has 2 saturated heterocycles. The zero-order valence-electron chi connectivity index (χ0n) is 13.1. The van der Waals surface area contributed by atoms with Gasteiger partial charge >= 0.3 is 6.03 Å². The molecular weight excluding hydrogens is 272 g/mol. The lowest BCUT2D eigenvalue weighted by molar-refractivity contribution is -0.0331. The van der Waals surface area contributed by atoms with Gasteiger partial charge in [-0.1, -0.05) is 26.7 Å². The Morgan fingerprint density at radius 2 is 2.10 bits per heavy atom. The Bertz CT molecular complexity index is 317. The molecular formula is C15H28N2O4. The summed E-state index contributed by atoms with van der Waals surface area (Å²) in [6, 6.07) is 0.0748. The van der Waals surface area contributed by atoms with E-state index in [1.54, 1.807) is 0 Å². The number of hydrogen-bond donors (Lipinski definition) is 2. The SMILES string of the molecule is CCC(CC)C1CC(NC(=O)NCC2COCO2)CCO1. The lowest BCUT2D eigenvalue weighted by atomic mass is 9.89. The summed E-state index contributed by atoms with van der Waals surface area (Å²) < 4.78 is 16.2. The Morgan fingerprint density at radius 1 is 1.29 bits per heavy atom. The van der Waals surface area contributed by atoms with Crippen molar-refractivity contribution in [3.63, 3.8) is 0 Å². The average molecular weight is 300 g/mol. The molecule has 0 spiro atoms. The molecule has 122 valence electrons. The van der Waals surface area contributed by atoms with E-state index in [1.165, 1.54) is 0 Å². The molecule has 6 heteroatoms. The van der Waals surface area contributed by atoms with Crippen molar-refractivity contribution in [2.24, 2.45) is 5.92 Å². The van der Waals surface area contributed by atoms with Crippen LogP contribution in [0, 0.1) is 5.92 Å². The Balaban J connectivity index is 1.69. The predicted molar refractivity (Wildman–Crippen MR) is 79.1 cm³/mol. The van der Waals surface area contributed by atoms with Crippen molar-refractivity contribution >= 4 is 6.03 Å². The summed E-state index contributed by atoms with van der Waals surface area (Å²) in [5.41, 5.74) is 0. The average Bonchev–Trinajstić information content (AvgIpc) is 3.00. The highest BCUT2D eigenvalue weighted by molar-refractivity contribution is 5.74. The van der Waals surface area contributed by atoms with Gasteiger partial charge in [0.25, 0.3) is 0 Å². The van der Waals surface area contributed by atoms with Crippen LogP contribution in [-0.4, -0.2) is 50.8 Å². The van der Waals surface area contributed by atoms with Gasteiger partial charge in [0.15, 0.2) is 0 Å². The van der Waals surface area contributed by atoms with Gasteiger partial charge < -0.3 is 24.8 Å². The zero-order valence-corrected chi connectivity index (χ0v) is 13.1. The normalized spacial score (nSPS) is 29.6. The molecule has 2 N–H and O–H groups in total. The van der Waals surface area contributed by atoms with Gasteiger partial charge in [-0.15, -0.1) is 0 Å². The maximum absolute atomic E-state index is 11.9. The topological polar surface area (TPSA) is 68.8 Å². The molecule has 0 aromatic carbocycles. The smallest absolute Gasteiger partial charge is 0.315 e. The fourth-order valence-corrected chi connectivity index (χ4v) is 3.03. The van der Waals surface area contributed by atoms with Gasteiger partial charge in [0, 0.05) is 19.2 Å². The molecule has 21 heavy (non-hydrogen) atoms. The molecule has 6 nitrogen and oxygen atoms in total. The monoisotopic (exact) mass is 300 g/mol. The first-order valence-electron chi connectivity index (χ1n) is 8.08. The van der Waals surface area contributed by atoms with Gasteiger partial charge in [-0.3, -0.25) is 0 Å². The highest BCUT2D eigenvalue weighted by Crippen LogP contribution is 2.25. The Morgan fingerprint density at radius 3 is 2.76 bits per heavy atom. The fourth-order valence-electron chi connectivity index (χ4n) is 3.03. The van der Waals surface area contributed by atoms with Crippen LogP contribution in [0.25, 0.3) is 0 Å². The van der Waals surface area contributed by atoms with E-state index in [0.29, 0.717) is 25.9 Å². The van der Waals surface area contributed by atoms with E-state index in [9.17, 15) is 4.79 Å². The predicted octanol–water partition coefficient (Wildman–Crippen LogP) is 1.64. The van der Waals surface area contributed by atoms with E-state index in [1.807, 2.05) is 0 Å². The van der Waals surface area contributed by atoms with Crippen molar-refractivity contribution in [3.8, 4) is 0 Å². The third-order valence-corrected chi connectivity index (χ3v) is 4.41. The third-order valence-electron chi connectivity index (χ3n) is 4.41. The molecule has 0 saturated carbocycles. The molecule has 2 aliphatic heterocycles. The number of urea groups is 1. The molecule has 2 rings (SSSR count). The summed E-state index contributed by atoms with van der Waals surface area (Å²) in [5.74, 6) is 0.585. The van der Waals surface area contributed by atoms with E-state index in [0.717, 1.165) is 32.3 Å². The minimum absolute atomic E-state index is 0.0252. The number of amides is 2. The molecule has 2 fully saturated rings. The first-order valence-corrected chi connectivity index (χ1v) is 8.08. The summed E-state index contributed by atoms with van der Waals surface area (Å²) >= 11 is 0. The van der Waals surface area contributed by atoms with Gasteiger partial charge in [0.1, 0.15) is 12.9 Å². The summed E-state index contributed by atoms with van der Waals surface area (Å²) in [7, 11) is 0. The van der Waals surface area contributed by atoms with Crippen LogP contribution in [0.1, 0.15) is 39.5 Å². The van der Waals surface area contributed by atoms with Crippen LogP contribution >= 0.6 is 0 Å². The quantitative estimate of drug-likeness (QED) is 0.782. The van der Waals surface area contributed by atoms with E-state index in [-0.39, 0.29) is 24.3 Å². The van der Waals surface area contributed by atoms with E-state index < -0.39 is 0 Å². The number of carbonyl (C=O) groups excluding carboxylic acids is 1. The lowest BCUT2D eigenvalue weighted by Crippen LogP contribution is -2.48. The van der Waals surface area contributed by atoms with E-state index in [4.69, 9.17) is 14.2 Å². The maximum atomic E-state index is 11.9. The van der Waals surface area contributed by atoms with E-state index >= 15 is 0 Å². The van der Waals surface area contributed by atoms with Crippen LogP contribution in [0.5, 0.6) is 0 Å². The number of hydrogen-bond acceptors (Lipinski definition) is 4. The number of rotatable bonds is 6. The van der Waals surface area contributed by atoms with Gasteiger partial charge in [0.05, 0.1) is 12.7 Å². The van der Waals surface area contributed by atoms with Crippen LogP contribution in [0.2, 0.25) is 0 Å². The van der Waals surface area contributed by atoms with Crippen molar-refractivity contribution < 1.29 is 19.0 Å². The summed E-state index contributed by atoms with van der Waals surface area (Å²) in [6.45, 7) is 6.49. The molecule has 0 aromatic rings. The summed E-state index contributed by atoms with van der Waals surface area (Å²) in [5, 5.41) is 5.90. The fraction of sp³-hybridized carbons (Fsp3) is 0.933. The van der Waals surface area contributed by atoms with Crippen molar-refractivity contribution in [2.75, 3.05) is 26.6 Å². The molecule has 0 aliphatic carbocycles. The Kier molecular flexibility index (Phi) is 6.73. The first-order chi connectivity index (χ1) is 10.2. The largest absolute Gasteiger partial charge is 0.378 e. The van der Waals surface area contributed by atoms with Crippen LogP contribution in [0.4, 0.5) is 4.79 Å². The van der Waals surface area contributed by atoms with Crippen LogP contribution in [0.3, 0.4) is 0 Å². The molecule has 3 unspecified atom stereocenters. The van der Waals surface area contributed by atoms with Crippen LogP contribution in [0.15, 0.2) is 0 Å². The molecule has 3 atom stereocenters. The zero-order chi connectivity index (χ0) is 15.1. The minimum Gasteiger partial charge on any atom is -0.378 e. The molecule has 2 heterocycles. The number of nitrogens with one attached hydrogen (secondary N) is 2. The molecule has 0 aromatic heterocycles. The van der Waals surface area contributed by atoms with Gasteiger partial charge in [-0.25, -0.2) is 4.79 Å². The maximum Gasteiger partial charge on any atom is 0.315 e. The molecule has 2 aliphatic rings. The first kappa shape index (κ1) is 16.5. The highest BCUT2D eigenvalue weighted by atomic mass is 16.7. The number of ether oxygens (including phenoxy) is 3. The molecule has 0 radical (unpaired) electrons. The van der Waals surface area contributed by atoms with Crippen molar-refractivity contribution in [1.82, 2.24) is 10.6 Å².